The Morgan fingerprint density at radius 2 is 1.80 bits per heavy atom. The maximum absolute atomic E-state index is 5.60. The van der Waals surface area contributed by atoms with Gasteiger partial charge in [0.25, 0.3) is 0 Å². The minimum atomic E-state index is -0.890. The molecule has 0 aliphatic rings. The Hall–Kier alpha value is 0.467. The lowest BCUT2D eigenvalue weighted by atomic mass is 10.7. The highest BCUT2D eigenvalue weighted by atomic mass is 35.5. The summed E-state index contributed by atoms with van der Waals surface area (Å²) in [6.45, 7) is 8.14. The molecule has 0 aromatic heterocycles. The van der Waals surface area contributed by atoms with Gasteiger partial charge in [0.2, 0.25) is 0 Å². The van der Waals surface area contributed by atoms with Crippen LogP contribution >= 0.6 is 11.6 Å². The molecular weight excluding hydrogens is 162 g/mol. The van der Waals surface area contributed by atoms with Crippen molar-refractivity contribution in [1.29, 1.82) is 0 Å². The van der Waals surface area contributed by atoms with Crippen molar-refractivity contribution in [3.63, 3.8) is 0 Å². The van der Waals surface area contributed by atoms with Gasteiger partial charge in [-0.15, -0.1) is 11.6 Å². The van der Waals surface area contributed by atoms with Crippen LogP contribution in [0.2, 0.25) is 19.6 Å². The van der Waals surface area contributed by atoms with E-state index in [1.165, 1.54) is 6.17 Å². The second-order valence-electron chi connectivity index (χ2n) is 3.99. The van der Waals surface area contributed by atoms with Crippen molar-refractivity contribution in [2.45, 2.75) is 19.6 Å². The average molecular weight is 180 g/mol. The predicted molar refractivity (Wildman–Crippen MR) is 51.6 cm³/mol. The minimum Gasteiger partial charge on any atom is -0.308 e. The van der Waals surface area contributed by atoms with E-state index in [1.807, 2.05) is 0 Å². The third kappa shape index (κ3) is 6.58. The van der Waals surface area contributed by atoms with Gasteiger partial charge in [-0.2, -0.15) is 0 Å². The highest BCUT2D eigenvalue weighted by Gasteiger charge is 2.14. The maximum atomic E-state index is 5.60. The van der Waals surface area contributed by atoms with E-state index in [1.54, 1.807) is 0 Å². The number of rotatable bonds is 4. The Morgan fingerprint density at radius 3 is 2.10 bits per heavy atom. The van der Waals surface area contributed by atoms with Crippen LogP contribution in [0.3, 0.4) is 0 Å². The lowest BCUT2D eigenvalue weighted by Gasteiger charge is -2.23. The second-order valence-corrected chi connectivity index (χ2v) is 9.80. The fourth-order valence-corrected chi connectivity index (χ4v) is 3.10. The Morgan fingerprint density at radius 1 is 1.30 bits per heavy atom. The standard InChI is InChI=1S/C7H18ClNSi/c1-9(6-5-8)7-10(2,3)4/h5-7H2,1-4H3. The zero-order chi connectivity index (χ0) is 8.20. The summed E-state index contributed by atoms with van der Waals surface area (Å²) in [6, 6.07) is 0. The second kappa shape index (κ2) is 4.37. The van der Waals surface area contributed by atoms with E-state index in [-0.39, 0.29) is 0 Å². The molecule has 0 spiro atoms. The highest BCUT2D eigenvalue weighted by Crippen LogP contribution is 2.01. The molecule has 0 fully saturated rings. The topological polar surface area (TPSA) is 3.24 Å². The molecule has 0 bridgehead atoms. The number of halogens is 1. The van der Waals surface area contributed by atoms with Gasteiger partial charge >= 0.3 is 0 Å². The first-order valence-electron chi connectivity index (χ1n) is 3.70. The fraction of sp³-hybridized carbons (Fsp3) is 1.00. The molecule has 0 aromatic carbocycles. The van der Waals surface area contributed by atoms with Crippen LogP contribution in [0.25, 0.3) is 0 Å². The first kappa shape index (κ1) is 10.5. The first-order valence-corrected chi connectivity index (χ1v) is 7.94. The molecule has 3 heteroatoms. The molecule has 10 heavy (non-hydrogen) atoms. The third-order valence-corrected chi connectivity index (χ3v) is 2.87. The molecule has 0 aromatic rings. The van der Waals surface area contributed by atoms with Gasteiger partial charge in [-0.25, -0.2) is 0 Å². The van der Waals surface area contributed by atoms with Crippen molar-refractivity contribution in [2.24, 2.45) is 0 Å². The van der Waals surface area contributed by atoms with Crippen molar-refractivity contribution in [1.82, 2.24) is 4.90 Å². The monoisotopic (exact) mass is 179 g/mol. The normalized spacial score (nSPS) is 12.6. The summed E-state index contributed by atoms with van der Waals surface area (Å²) in [7, 11) is 1.25. The van der Waals surface area contributed by atoms with E-state index in [0.29, 0.717) is 0 Å². The van der Waals surface area contributed by atoms with Crippen LogP contribution in [0.5, 0.6) is 0 Å². The summed E-state index contributed by atoms with van der Waals surface area (Å²) in [5, 5.41) is 0. The van der Waals surface area contributed by atoms with E-state index in [4.69, 9.17) is 11.6 Å². The average Bonchev–Trinajstić information content (AvgIpc) is 1.59. The van der Waals surface area contributed by atoms with Gasteiger partial charge in [-0.3, -0.25) is 0 Å². The van der Waals surface area contributed by atoms with Gasteiger partial charge in [0.1, 0.15) is 0 Å². The molecule has 1 nitrogen and oxygen atoms in total. The van der Waals surface area contributed by atoms with Crippen molar-refractivity contribution in [2.75, 3.05) is 25.6 Å². The SMILES string of the molecule is CN(CCCl)C[Si](C)(C)C. The van der Waals surface area contributed by atoms with Gasteiger partial charge in [0.15, 0.2) is 0 Å². The summed E-state index contributed by atoms with van der Waals surface area (Å²) in [6.07, 6.45) is 1.25. The molecule has 0 saturated carbocycles. The molecule has 0 aliphatic heterocycles. The molecule has 0 atom stereocenters. The number of hydrogen-bond acceptors (Lipinski definition) is 1. The van der Waals surface area contributed by atoms with E-state index < -0.39 is 8.07 Å². The lowest BCUT2D eigenvalue weighted by Crippen LogP contribution is -2.38. The van der Waals surface area contributed by atoms with E-state index in [9.17, 15) is 0 Å². The minimum absolute atomic E-state index is 0.751. The Kier molecular flexibility index (Phi) is 4.57. The summed E-state index contributed by atoms with van der Waals surface area (Å²) < 4.78 is 0. The smallest absolute Gasteiger partial charge is 0.0599 e. The third-order valence-electron chi connectivity index (χ3n) is 1.21. The Labute approximate surface area is 70.4 Å². The summed E-state index contributed by atoms with van der Waals surface area (Å²) in [5.41, 5.74) is 0. The molecule has 0 aliphatic carbocycles. The van der Waals surface area contributed by atoms with Crippen molar-refractivity contribution < 1.29 is 0 Å². The Bertz CT molecular complexity index is 90.1. The first-order chi connectivity index (χ1) is 4.45. The molecule has 0 amide bonds. The zero-order valence-corrected chi connectivity index (χ0v) is 9.20. The van der Waals surface area contributed by atoms with Gasteiger partial charge in [0.05, 0.1) is 8.07 Å². The number of alkyl halides is 1. The molecular formula is C7H18ClNSi. The van der Waals surface area contributed by atoms with E-state index in [0.717, 1.165) is 12.4 Å². The molecule has 62 valence electrons. The van der Waals surface area contributed by atoms with Crippen LogP contribution in [0.1, 0.15) is 0 Å². The fourth-order valence-electron chi connectivity index (χ4n) is 1.03. The van der Waals surface area contributed by atoms with Gasteiger partial charge in [0, 0.05) is 12.4 Å². The molecule has 0 unspecified atom stereocenters. The largest absolute Gasteiger partial charge is 0.308 e. The number of nitrogens with zero attached hydrogens (tertiary/aromatic N) is 1. The van der Waals surface area contributed by atoms with Gasteiger partial charge < -0.3 is 4.90 Å². The van der Waals surface area contributed by atoms with Crippen LogP contribution in [0, 0.1) is 0 Å². The quantitative estimate of drug-likeness (QED) is 0.472. The lowest BCUT2D eigenvalue weighted by molar-refractivity contribution is 0.407. The van der Waals surface area contributed by atoms with Crippen LogP contribution in [-0.4, -0.2) is 38.6 Å². The predicted octanol–water partition coefficient (Wildman–Crippen LogP) is 2.03. The van der Waals surface area contributed by atoms with Gasteiger partial charge in [-0.1, -0.05) is 19.6 Å². The van der Waals surface area contributed by atoms with E-state index in [2.05, 4.69) is 31.6 Å². The molecule has 0 heterocycles. The van der Waals surface area contributed by atoms with Crippen molar-refractivity contribution in [3.05, 3.63) is 0 Å². The van der Waals surface area contributed by atoms with E-state index >= 15 is 0 Å². The Balaban J connectivity index is 3.47. The van der Waals surface area contributed by atoms with Crippen molar-refractivity contribution >= 4 is 19.7 Å². The maximum Gasteiger partial charge on any atom is 0.0599 e. The summed E-state index contributed by atoms with van der Waals surface area (Å²) in [4.78, 5) is 2.32. The molecule has 0 saturated heterocycles. The van der Waals surface area contributed by atoms with Crippen LogP contribution < -0.4 is 0 Å². The molecule has 0 radical (unpaired) electrons. The summed E-state index contributed by atoms with van der Waals surface area (Å²) >= 11 is 5.60. The van der Waals surface area contributed by atoms with Crippen LogP contribution in [0.4, 0.5) is 0 Å². The number of hydrogen-bond donors (Lipinski definition) is 0. The zero-order valence-electron chi connectivity index (χ0n) is 7.45. The molecule has 0 N–H and O–H groups in total. The molecule has 0 rings (SSSR count). The summed E-state index contributed by atoms with van der Waals surface area (Å²) in [5.74, 6) is 0.751. The van der Waals surface area contributed by atoms with Crippen LogP contribution in [0.15, 0.2) is 0 Å². The highest BCUT2D eigenvalue weighted by molar-refractivity contribution is 6.76. The van der Waals surface area contributed by atoms with Gasteiger partial charge in [-0.05, 0) is 13.2 Å². The van der Waals surface area contributed by atoms with Crippen LogP contribution in [-0.2, 0) is 0 Å². The van der Waals surface area contributed by atoms with Crippen molar-refractivity contribution in [3.8, 4) is 0 Å².